The molecule has 0 spiro atoms. The van der Waals surface area contributed by atoms with Gasteiger partial charge in [-0.3, -0.25) is 15.3 Å². The van der Waals surface area contributed by atoms with Crippen molar-refractivity contribution >= 4 is 27.5 Å². The molecule has 0 aliphatic heterocycles. The third-order valence-corrected chi connectivity index (χ3v) is 6.77. The fraction of sp³-hybridized carbons (Fsp3) is 0.115. The number of aromatic amines is 1. The second-order valence-corrected chi connectivity index (χ2v) is 9.92. The smallest absolute Gasteiger partial charge is 0.238 e. The van der Waals surface area contributed by atoms with Crippen LogP contribution >= 0.6 is 0 Å². The van der Waals surface area contributed by atoms with E-state index < -0.39 is 10.0 Å². The molecule has 10 heteroatoms. The van der Waals surface area contributed by atoms with E-state index in [0.717, 1.165) is 11.3 Å². The Labute approximate surface area is 209 Å². The van der Waals surface area contributed by atoms with Crippen LogP contribution in [0.25, 0.3) is 11.1 Å². The van der Waals surface area contributed by atoms with Crippen molar-refractivity contribution in [3.05, 3.63) is 102 Å². The van der Waals surface area contributed by atoms with E-state index >= 15 is 0 Å². The zero-order valence-electron chi connectivity index (χ0n) is 19.3. The molecule has 9 nitrogen and oxygen atoms in total. The predicted octanol–water partition coefficient (Wildman–Crippen LogP) is 3.36. The molecule has 36 heavy (non-hydrogen) atoms. The van der Waals surface area contributed by atoms with E-state index in [2.05, 4.69) is 15.5 Å². The molecule has 1 atom stereocenters. The molecule has 0 saturated carbocycles. The summed E-state index contributed by atoms with van der Waals surface area (Å²) in [6, 6.07) is 22.6. The van der Waals surface area contributed by atoms with Crippen LogP contribution in [-0.2, 0) is 21.2 Å². The van der Waals surface area contributed by atoms with Gasteiger partial charge >= 0.3 is 0 Å². The number of rotatable bonds is 9. The average molecular weight is 503 g/mol. The molecule has 3 aromatic carbocycles. The number of hydrogen-bond acceptors (Lipinski definition) is 5. The van der Waals surface area contributed by atoms with Gasteiger partial charge in [-0.15, -0.1) is 0 Å². The van der Waals surface area contributed by atoms with Crippen LogP contribution in [0.3, 0.4) is 0 Å². The summed E-state index contributed by atoms with van der Waals surface area (Å²) in [7, 11) is -3.88. The number of anilines is 1. The van der Waals surface area contributed by atoms with Crippen molar-refractivity contribution in [1.82, 2.24) is 10.2 Å². The second-order valence-electron chi connectivity index (χ2n) is 8.39. The number of nitrogens with two attached hydrogens (primary N) is 2. The highest BCUT2D eigenvalue weighted by molar-refractivity contribution is 7.89. The van der Waals surface area contributed by atoms with Crippen LogP contribution in [0, 0.1) is 5.41 Å². The molecule has 4 aromatic rings. The van der Waals surface area contributed by atoms with Gasteiger partial charge in [-0.2, -0.15) is 5.10 Å². The van der Waals surface area contributed by atoms with Crippen molar-refractivity contribution in [2.45, 2.75) is 23.7 Å². The first kappa shape index (κ1) is 24.8. The van der Waals surface area contributed by atoms with E-state index in [9.17, 15) is 13.2 Å². The summed E-state index contributed by atoms with van der Waals surface area (Å²) in [6.45, 7) is 0. The Kier molecular flexibility index (Phi) is 7.28. The Balaban J connectivity index is 1.52. The lowest BCUT2D eigenvalue weighted by Gasteiger charge is -2.18. The molecule has 1 amide bonds. The first-order chi connectivity index (χ1) is 17.2. The van der Waals surface area contributed by atoms with Crippen LogP contribution in [0.15, 0.2) is 90.0 Å². The molecule has 4 rings (SSSR count). The third-order valence-electron chi connectivity index (χ3n) is 5.80. The molecule has 0 bridgehead atoms. The number of amidine groups is 1. The van der Waals surface area contributed by atoms with Gasteiger partial charge in [-0.05, 0) is 53.8 Å². The Morgan fingerprint density at radius 1 is 1.03 bits per heavy atom. The molecule has 1 aromatic heterocycles. The molecule has 0 saturated heterocycles. The van der Waals surface area contributed by atoms with Gasteiger partial charge in [0.25, 0.3) is 0 Å². The number of aromatic nitrogens is 2. The summed E-state index contributed by atoms with van der Waals surface area (Å²) in [5, 5.41) is 22.9. The first-order valence-corrected chi connectivity index (χ1v) is 12.7. The number of benzene rings is 3. The molecule has 1 heterocycles. The average Bonchev–Trinajstić information content (AvgIpc) is 3.37. The molecular weight excluding hydrogens is 476 g/mol. The van der Waals surface area contributed by atoms with Gasteiger partial charge in [0, 0.05) is 35.1 Å². The maximum Gasteiger partial charge on any atom is 0.238 e. The van der Waals surface area contributed by atoms with Gasteiger partial charge < -0.3 is 11.1 Å². The number of hydrogen-bond donors (Lipinski definition) is 5. The molecule has 0 radical (unpaired) electrons. The SMILES string of the molecule is N=C(N)c1cccc(C(CC(=O)Nc2ccc(-c3ccccc3S(N)(=O)=O)cc2)Cc2ccn[nH]2)c1. The highest BCUT2D eigenvalue weighted by Gasteiger charge is 2.19. The van der Waals surface area contributed by atoms with E-state index in [4.69, 9.17) is 16.3 Å². The molecular formula is C26H26N6O3S. The molecule has 184 valence electrons. The number of primary sulfonamides is 1. The number of carbonyl (C=O) groups is 1. The Morgan fingerprint density at radius 3 is 2.44 bits per heavy atom. The Bertz CT molecular complexity index is 1480. The number of nitrogen functional groups attached to an aromatic ring is 1. The Morgan fingerprint density at radius 2 is 1.78 bits per heavy atom. The second kappa shape index (κ2) is 10.5. The lowest BCUT2D eigenvalue weighted by atomic mass is 9.89. The van der Waals surface area contributed by atoms with E-state index in [1.807, 2.05) is 24.3 Å². The number of nitrogens with one attached hydrogen (secondary N) is 3. The summed E-state index contributed by atoms with van der Waals surface area (Å²) >= 11 is 0. The van der Waals surface area contributed by atoms with Crippen molar-refractivity contribution in [3.63, 3.8) is 0 Å². The molecule has 1 unspecified atom stereocenters. The third kappa shape index (κ3) is 6.04. The minimum atomic E-state index is -3.88. The number of nitrogens with zero attached hydrogens (tertiary/aromatic N) is 1. The van der Waals surface area contributed by atoms with Crippen molar-refractivity contribution < 1.29 is 13.2 Å². The lowest BCUT2D eigenvalue weighted by molar-refractivity contribution is -0.116. The number of H-pyrrole nitrogens is 1. The quantitative estimate of drug-likeness (QED) is 0.174. The molecule has 0 aliphatic rings. The van der Waals surface area contributed by atoms with Crippen LogP contribution in [0.5, 0.6) is 0 Å². The van der Waals surface area contributed by atoms with Gasteiger partial charge in [0.15, 0.2) is 0 Å². The van der Waals surface area contributed by atoms with Crippen LogP contribution in [0.4, 0.5) is 5.69 Å². The van der Waals surface area contributed by atoms with Crippen molar-refractivity contribution in [2.75, 3.05) is 5.32 Å². The van der Waals surface area contributed by atoms with Crippen molar-refractivity contribution in [1.29, 1.82) is 5.41 Å². The van der Waals surface area contributed by atoms with Gasteiger partial charge in [0.1, 0.15) is 5.84 Å². The minimum Gasteiger partial charge on any atom is -0.384 e. The van der Waals surface area contributed by atoms with Crippen molar-refractivity contribution in [3.8, 4) is 11.1 Å². The highest BCUT2D eigenvalue weighted by atomic mass is 32.2. The number of carbonyl (C=O) groups excluding carboxylic acids is 1. The standard InChI is InChI=1S/C26H26N6O3S/c27-26(28)19-5-3-4-18(14-19)20(15-22-12-13-30-32-22)16-25(33)31-21-10-8-17(9-11-21)23-6-1-2-7-24(23)36(29,34)35/h1-14,20H,15-16H2,(H3,27,28)(H,30,32)(H,31,33)(H2,29,34,35). The molecule has 0 aliphatic carbocycles. The van der Waals surface area contributed by atoms with Gasteiger partial charge in [0.2, 0.25) is 15.9 Å². The largest absolute Gasteiger partial charge is 0.384 e. The number of sulfonamides is 1. The monoisotopic (exact) mass is 502 g/mol. The van der Waals surface area contributed by atoms with Crippen LogP contribution < -0.4 is 16.2 Å². The maximum atomic E-state index is 13.0. The summed E-state index contributed by atoms with van der Waals surface area (Å²) in [6.07, 6.45) is 2.41. The Hall–Kier alpha value is -4.28. The van der Waals surface area contributed by atoms with E-state index in [1.165, 1.54) is 6.07 Å². The zero-order valence-corrected chi connectivity index (χ0v) is 20.1. The summed E-state index contributed by atoms with van der Waals surface area (Å²) in [5.74, 6) is -0.401. The molecule has 0 fully saturated rings. The molecule has 7 N–H and O–H groups in total. The van der Waals surface area contributed by atoms with Gasteiger partial charge in [-0.25, -0.2) is 13.6 Å². The normalized spacial score (nSPS) is 12.1. The van der Waals surface area contributed by atoms with Crippen molar-refractivity contribution in [2.24, 2.45) is 10.9 Å². The van der Waals surface area contributed by atoms with E-state index in [-0.39, 0.29) is 29.0 Å². The van der Waals surface area contributed by atoms with Gasteiger partial charge in [-0.1, -0.05) is 48.5 Å². The zero-order chi connectivity index (χ0) is 25.7. The summed E-state index contributed by atoms with van der Waals surface area (Å²) in [4.78, 5) is 13.0. The fourth-order valence-corrected chi connectivity index (χ4v) is 4.81. The summed E-state index contributed by atoms with van der Waals surface area (Å²) < 4.78 is 23.9. The van der Waals surface area contributed by atoms with Crippen LogP contribution in [0.2, 0.25) is 0 Å². The van der Waals surface area contributed by atoms with E-state index in [0.29, 0.717) is 28.8 Å². The lowest BCUT2D eigenvalue weighted by Crippen LogP contribution is -2.18. The number of amides is 1. The summed E-state index contributed by atoms with van der Waals surface area (Å²) in [5.41, 5.74) is 9.76. The maximum absolute atomic E-state index is 13.0. The van der Waals surface area contributed by atoms with E-state index in [1.54, 1.807) is 54.7 Å². The highest BCUT2D eigenvalue weighted by Crippen LogP contribution is 2.29. The van der Waals surface area contributed by atoms with Gasteiger partial charge in [0.05, 0.1) is 4.90 Å². The first-order valence-electron chi connectivity index (χ1n) is 11.2. The van der Waals surface area contributed by atoms with Crippen LogP contribution in [-0.4, -0.2) is 30.4 Å². The van der Waals surface area contributed by atoms with Crippen LogP contribution in [0.1, 0.15) is 29.2 Å². The minimum absolute atomic E-state index is 0.0364. The predicted molar refractivity (Wildman–Crippen MR) is 139 cm³/mol. The fourth-order valence-electron chi connectivity index (χ4n) is 4.05. The topological polar surface area (TPSA) is 168 Å².